The second-order valence-electron chi connectivity index (χ2n) is 2.03. The van der Waals surface area contributed by atoms with E-state index in [0.29, 0.717) is 13.0 Å². The zero-order valence-corrected chi connectivity index (χ0v) is 5.05. The monoisotopic (exact) mass is 127 g/mol. The summed E-state index contributed by atoms with van der Waals surface area (Å²) in [7, 11) is 0. The molecule has 0 unspecified atom stereocenters. The summed E-state index contributed by atoms with van der Waals surface area (Å²) in [5, 5.41) is 6.90. The highest BCUT2D eigenvalue weighted by atomic mass is 16.2. The molecule has 0 atom stereocenters. The third kappa shape index (κ3) is 1.01. The van der Waals surface area contributed by atoms with Crippen molar-refractivity contribution in [2.75, 3.05) is 6.54 Å². The van der Waals surface area contributed by atoms with Crippen LogP contribution in [0.3, 0.4) is 0 Å². The van der Waals surface area contributed by atoms with Gasteiger partial charge in [0.05, 0.1) is 0 Å². The van der Waals surface area contributed by atoms with Crippen molar-refractivity contribution in [2.24, 2.45) is 5.73 Å². The van der Waals surface area contributed by atoms with E-state index in [1.54, 1.807) is 0 Å². The normalized spacial score (nSPS) is 18.7. The molecule has 0 radical (unpaired) electrons. The lowest BCUT2D eigenvalue weighted by molar-refractivity contribution is -0.124. The number of carbonyl (C=O) groups is 1. The van der Waals surface area contributed by atoms with E-state index in [4.69, 9.17) is 11.1 Å². The van der Waals surface area contributed by atoms with Gasteiger partial charge in [-0.1, -0.05) is 0 Å². The summed E-state index contributed by atoms with van der Waals surface area (Å²) in [5.41, 5.74) is 5.08. The molecule has 4 heteroatoms. The fraction of sp³-hybridized carbons (Fsp3) is 0.600. The number of rotatable bonds is 0. The van der Waals surface area contributed by atoms with Gasteiger partial charge in [-0.05, 0) is 6.42 Å². The molecule has 1 amide bonds. The van der Waals surface area contributed by atoms with E-state index in [-0.39, 0.29) is 11.9 Å². The van der Waals surface area contributed by atoms with Crippen LogP contribution in [0.25, 0.3) is 0 Å². The Morgan fingerprint density at radius 3 is 2.67 bits per heavy atom. The molecule has 0 aromatic heterocycles. The second-order valence-corrected chi connectivity index (χ2v) is 2.03. The summed E-state index contributed by atoms with van der Waals surface area (Å²) in [5.74, 6) is -0.153. The minimum absolute atomic E-state index is 0.0255. The largest absolute Gasteiger partial charge is 0.370 e. The molecule has 9 heavy (non-hydrogen) atoms. The van der Waals surface area contributed by atoms with Crippen molar-refractivity contribution in [1.29, 1.82) is 5.41 Å². The lowest BCUT2D eigenvalue weighted by atomic mass is 10.4. The number of guanidine groups is 1. The molecule has 0 bridgehead atoms. The van der Waals surface area contributed by atoms with Gasteiger partial charge in [-0.3, -0.25) is 15.1 Å². The van der Waals surface area contributed by atoms with Crippen LogP contribution < -0.4 is 5.73 Å². The van der Waals surface area contributed by atoms with Crippen LogP contribution in [-0.2, 0) is 4.79 Å². The van der Waals surface area contributed by atoms with Gasteiger partial charge >= 0.3 is 0 Å². The number of nitrogens with one attached hydrogen (secondary N) is 1. The van der Waals surface area contributed by atoms with E-state index >= 15 is 0 Å². The fourth-order valence-electron chi connectivity index (χ4n) is 0.903. The van der Waals surface area contributed by atoms with Crippen LogP contribution in [0.2, 0.25) is 0 Å². The standard InChI is InChI=1S/C5H9N3O/c6-5(7)8-3-1-2-4(8)9/h1-3H2,(H3,6,7). The minimum atomic E-state index is -0.127. The van der Waals surface area contributed by atoms with E-state index in [9.17, 15) is 4.79 Å². The van der Waals surface area contributed by atoms with Crippen molar-refractivity contribution in [3.63, 3.8) is 0 Å². The Hall–Kier alpha value is -1.06. The molecule has 0 spiro atoms. The number of carbonyl (C=O) groups excluding carboxylic acids is 1. The Morgan fingerprint density at radius 1 is 1.78 bits per heavy atom. The first-order valence-electron chi connectivity index (χ1n) is 2.86. The molecule has 1 fully saturated rings. The van der Waals surface area contributed by atoms with E-state index in [0.717, 1.165) is 6.42 Å². The summed E-state index contributed by atoms with van der Waals surface area (Å²) in [6.07, 6.45) is 1.37. The molecular weight excluding hydrogens is 118 g/mol. The third-order valence-electron chi connectivity index (χ3n) is 1.36. The fourth-order valence-corrected chi connectivity index (χ4v) is 0.903. The summed E-state index contributed by atoms with van der Waals surface area (Å²) in [4.78, 5) is 12.0. The minimum Gasteiger partial charge on any atom is -0.370 e. The number of likely N-dealkylation sites (tertiary alicyclic amines) is 1. The molecule has 1 heterocycles. The van der Waals surface area contributed by atoms with Gasteiger partial charge in [0, 0.05) is 13.0 Å². The average molecular weight is 127 g/mol. The molecule has 1 saturated heterocycles. The van der Waals surface area contributed by atoms with Crippen LogP contribution in [0.5, 0.6) is 0 Å². The van der Waals surface area contributed by atoms with Gasteiger partial charge in [0.1, 0.15) is 0 Å². The lowest BCUT2D eigenvalue weighted by Gasteiger charge is -2.10. The maximum Gasteiger partial charge on any atom is 0.229 e. The SMILES string of the molecule is N=C(N)N1CCCC1=O. The molecule has 3 N–H and O–H groups in total. The predicted octanol–water partition coefficient (Wildman–Crippen LogP) is -0.498. The Balaban J connectivity index is 2.60. The van der Waals surface area contributed by atoms with Gasteiger partial charge in [0.25, 0.3) is 0 Å². The predicted molar refractivity (Wildman–Crippen MR) is 32.9 cm³/mol. The van der Waals surface area contributed by atoms with Crippen molar-refractivity contribution in [3.05, 3.63) is 0 Å². The van der Waals surface area contributed by atoms with Crippen LogP contribution in [-0.4, -0.2) is 23.3 Å². The average Bonchev–Trinajstić information content (AvgIpc) is 2.13. The molecular formula is C5H9N3O. The quantitative estimate of drug-likeness (QED) is 0.340. The van der Waals surface area contributed by atoms with Crippen molar-refractivity contribution in [2.45, 2.75) is 12.8 Å². The van der Waals surface area contributed by atoms with E-state index < -0.39 is 0 Å². The van der Waals surface area contributed by atoms with Crippen molar-refractivity contribution in [3.8, 4) is 0 Å². The first-order valence-corrected chi connectivity index (χ1v) is 2.86. The zero-order valence-electron chi connectivity index (χ0n) is 5.05. The summed E-state index contributed by atoms with van der Waals surface area (Å²) in [6.45, 7) is 0.619. The highest BCUT2D eigenvalue weighted by Crippen LogP contribution is 2.07. The summed E-state index contributed by atoms with van der Waals surface area (Å²) < 4.78 is 0. The Kier molecular flexibility index (Phi) is 1.38. The molecule has 0 aromatic rings. The lowest BCUT2D eigenvalue weighted by Crippen LogP contribution is -2.36. The molecule has 0 aliphatic carbocycles. The number of hydrogen-bond donors (Lipinski definition) is 2. The highest BCUT2D eigenvalue weighted by Gasteiger charge is 2.21. The second kappa shape index (κ2) is 2.05. The van der Waals surface area contributed by atoms with Crippen molar-refractivity contribution < 1.29 is 4.79 Å². The summed E-state index contributed by atoms with van der Waals surface area (Å²) >= 11 is 0. The van der Waals surface area contributed by atoms with E-state index in [1.165, 1.54) is 4.90 Å². The van der Waals surface area contributed by atoms with Crippen LogP contribution in [0.15, 0.2) is 0 Å². The van der Waals surface area contributed by atoms with Gasteiger partial charge in [-0.2, -0.15) is 0 Å². The molecule has 4 nitrogen and oxygen atoms in total. The van der Waals surface area contributed by atoms with Crippen LogP contribution >= 0.6 is 0 Å². The van der Waals surface area contributed by atoms with Gasteiger partial charge in [-0.25, -0.2) is 0 Å². The van der Waals surface area contributed by atoms with Crippen molar-refractivity contribution in [1.82, 2.24) is 4.90 Å². The van der Waals surface area contributed by atoms with E-state index in [1.807, 2.05) is 0 Å². The third-order valence-corrected chi connectivity index (χ3v) is 1.36. The smallest absolute Gasteiger partial charge is 0.229 e. The topological polar surface area (TPSA) is 70.2 Å². The molecule has 0 aromatic carbocycles. The highest BCUT2D eigenvalue weighted by molar-refractivity contribution is 5.96. The number of nitrogens with two attached hydrogens (primary N) is 1. The van der Waals surface area contributed by atoms with Gasteiger partial charge in [0.15, 0.2) is 5.96 Å². The van der Waals surface area contributed by atoms with Crippen LogP contribution in [0.4, 0.5) is 0 Å². The number of nitrogens with zero attached hydrogens (tertiary/aromatic N) is 1. The molecule has 1 aliphatic rings. The summed E-state index contributed by atoms with van der Waals surface area (Å²) in [6, 6.07) is 0. The molecule has 0 saturated carbocycles. The maximum absolute atomic E-state index is 10.7. The maximum atomic E-state index is 10.7. The number of hydrogen-bond acceptors (Lipinski definition) is 2. The number of amides is 1. The van der Waals surface area contributed by atoms with Gasteiger partial charge in [0.2, 0.25) is 5.91 Å². The Labute approximate surface area is 53.1 Å². The van der Waals surface area contributed by atoms with Gasteiger partial charge < -0.3 is 5.73 Å². The Morgan fingerprint density at radius 2 is 2.44 bits per heavy atom. The first-order chi connectivity index (χ1) is 4.22. The van der Waals surface area contributed by atoms with Crippen LogP contribution in [0, 0.1) is 5.41 Å². The zero-order chi connectivity index (χ0) is 6.85. The van der Waals surface area contributed by atoms with Crippen LogP contribution in [0.1, 0.15) is 12.8 Å². The van der Waals surface area contributed by atoms with E-state index in [2.05, 4.69) is 0 Å². The molecule has 50 valence electrons. The molecule has 1 rings (SSSR count). The van der Waals surface area contributed by atoms with Crippen molar-refractivity contribution >= 4 is 11.9 Å². The molecule has 1 aliphatic heterocycles. The first kappa shape index (κ1) is 6.07. The Bertz CT molecular complexity index is 154. The van der Waals surface area contributed by atoms with Gasteiger partial charge in [-0.15, -0.1) is 0 Å².